The molecule has 2 aromatic rings. The topological polar surface area (TPSA) is 44.8 Å². The van der Waals surface area contributed by atoms with Gasteiger partial charge < -0.3 is 14.2 Å². The van der Waals surface area contributed by atoms with Crippen molar-refractivity contribution in [3.05, 3.63) is 53.6 Å². The first kappa shape index (κ1) is 15.4. The second-order valence-corrected chi connectivity index (χ2v) is 5.56. The second-order valence-electron chi connectivity index (χ2n) is 5.56. The van der Waals surface area contributed by atoms with Crippen molar-refractivity contribution in [2.75, 3.05) is 13.7 Å². The minimum absolute atomic E-state index is 0.0256. The molecule has 3 rings (SSSR count). The first-order valence-electron chi connectivity index (χ1n) is 7.82. The van der Waals surface area contributed by atoms with E-state index in [4.69, 9.17) is 14.2 Å². The molecule has 0 fully saturated rings. The smallest absolute Gasteiger partial charge is 0.312 e. The molecule has 4 heteroatoms. The summed E-state index contributed by atoms with van der Waals surface area (Å²) < 4.78 is 16.3. The van der Waals surface area contributed by atoms with E-state index in [0.717, 1.165) is 23.3 Å². The summed E-state index contributed by atoms with van der Waals surface area (Å²) in [5.41, 5.74) is 2.06. The molecule has 0 aliphatic carbocycles. The van der Waals surface area contributed by atoms with Crippen molar-refractivity contribution in [3.8, 4) is 17.2 Å². The van der Waals surface area contributed by atoms with Gasteiger partial charge in [-0.25, -0.2) is 0 Å². The highest BCUT2D eigenvalue weighted by Crippen LogP contribution is 2.41. The average Bonchev–Trinajstić information content (AvgIpc) is 2.58. The predicted molar refractivity (Wildman–Crippen MR) is 87.3 cm³/mol. The monoisotopic (exact) mass is 312 g/mol. The van der Waals surface area contributed by atoms with Gasteiger partial charge in [0.15, 0.2) is 0 Å². The molecule has 1 aliphatic rings. The Balaban J connectivity index is 1.96. The van der Waals surface area contributed by atoms with E-state index in [0.29, 0.717) is 24.5 Å². The van der Waals surface area contributed by atoms with E-state index in [9.17, 15) is 4.79 Å². The van der Waals surface area contributed by atoms with Gasteiger partial charge in [-0.05, 0) is 30.2 Å². The van der Waals surface area contributed by atoms with Gasteiger partial charge in [-0.15, -0.1) is 0 Å². The van der Waals surface area contributed by atoms with E-state index in [1.165, 1.54) is 0 Å². The zero-order valence-electron chi connectivity index (χ0n) is 13.4. The lowest BCUT2D eigenvalue weighted by molar-refractivity contribution is -0.135. The van der Waals surface area contributed by atoms with Gasteiger partial charge in [-0.2, -0.15) is 0 Å². The van der Waals surface area contributed by atoms with Gasteiger partial charge in [0.25, 0.3) is 0 Å². The second kappa shape index (κ2) is 6.73. The third-order valence-electron chi connectivity index (χ3n) is 3.92. The van der Waals surface area contributed by atoms with Crippen LogP contribution in [0.4, 0.5) is 0 Å². The minimum atomic E-state index is -0.226. The van der Waals surface area contributed by atoms with Crippen molar-refractivity contribution in [2.45, 2.75) is 25.7 Å². The van der Waals surface area contributed by atoms with Crippen molar-refractivity contribution in [1.29, 1.82) is 0 Å². The Kier molecular flexibility index (Phi) is 4.51. The average molecular weight is 312 g/mol. The van der Waals surface area contributed by atoms with Gasteiger partial charge in [0.1, 0.15) is 17.2 Å². The highest BCUT2D eigenvalue weighted by molar-refractivity contribution is 5.78. The number of fused-ring (bicyclic) bond motifs is 1. The zero-order chi connectivity index (χ0) is 16.2. The number of benzene rings is 2. The van der Waals surface area contributed by atoms with Crippen LogP contribution in [0.25, 0.3) is 0 Å². The van der Waals surface area contributed by atoms with Crippen LogP contribution in [0.2, 0.25) is 0 Å². The van der Waals surface area contributed by atoms with Crippen molar-refractivity contribution < 1.29 is 19.0 Å². The summed E-state index contributed by atoms with van der Waals surface area (Å²) in [6.07, 6.45) is 1.29. The highest BCUT2D eigenvalue weighted by atomic mass is 16.5. The molecule has 0 saturated heterocycles. The fourth-order valence-corrected chi connectivity index (χ4v) is 2.80. The van der Waals surface area contributed by atoms with Gasteiger partial charge in [0.2, 0.25) is 0 Å². The van der Waals surface area contributed by atoms with Crippen LogP contribution in [-0.4, -0.2) is 19.7 Å². The van der Waals surface area contributed by atoms with Crippen LogP contribution in [-0.2, 0) is 4.79 Å². The number of hydrogen-bond acceptors (Lipinski definition) is 4. The van der Waals surface area contributed by atoms with Crippen molar-refractivity contribution in [2.24, 2.45) is 0 Å². The summed E-state index contributed by atoms with van der Waals surface area (Å²) in [7, 11) is 1.60. The van der Waals surface area contributed by atoms with Gasteiger partial charge >= 0.3 is 5.97 Å². The number of carbonyl (C=O) groups is 1. The van der Waals surface area contributed by atoms with Gasteiger partial charge in [0, 0.05) is 17.5 Å². The largest absolute Gasteiger partial charge is 0.497 e. The van der Waals surface area contributed by atoms with E-state index < -0.39 is 0 Å². The summed E-state index contributed by atoms with van der Waals surface area (Å²) in [5.74, 6) is 1.83. The molecule has 0 aromatic heterocycles. The lowest BCUT2D eigenvalue weighted by Crippen LogP contribution is -2.21. The number of rotatable bonds is 5. The van der Waals surface area contributed by atoms with E-state index in [1.807, 2.05) is 36.4 Å². The molecule has 1 heterocycles. The SMILES string of the molecule is CCCOc1cccc(C2CC(=O)Oc3cc(OC)ccc32)c1. The Morgan fingerprint density at radius 1 is 1.17 bits per heavy atom. The van der Waals surface area contributed by atoms with Crippen molar-refractivity contribution >= 4 is 5.97 Å². The van der Waals surface area contributed by atoms with E-state index in [2.05, 4.69) is 6.92 Å². The Morgan fingerprint density at radius 2 is 2.04 bits per heavy atom. The maximum absolute atomic E-state index is 12.0. The van der Waals surface area contributed by atoms with Gasteiger partial charge in [-0.1, -0.05) is 25.1 Å². The Bertz CT molecular complexity index is 708. The Labute approximate surface area is 136 Å². The first-order chi connectivity index (χ1) is 11.2. The van der Waals surface area contributed by atoms with Crippen LogP contribution >= 0.6 is 0 Å². The van der Waals surface area contributed by atoms with E-state index >= 15 is 0 Å². The molecular formula is C19H20O4. The summed E-state index contributed by atoms with van der Waals surface area (Å²) in [6.45, 7) is 2.76. The standard InChI is InChI=1S/C19H20O4/c1-3-9-22-15-6-4-5-13(10-15)17-12-19(20)23-18-11-14(21-2)7-8-16(17)18/h4-8,10-11,17H,3,9,12H2,1-2H3. The molecule has 0 spiro atoms. The van der Waals surface area contributed by atoms with Crippen LogP contribution in [0.3, 0.4) is 0 Å². The third kappa shape index (κ3) is 3.31. The minimum Gasteiger partial charge on any atom is -0.497 e. The number of methoxy groups -OCH3 is 1. The van der Waals surface area contributed by atoms with E-state index in [-0.39, 0.29) is 11.9 Å². The Morgan fingerprint density at radius 3 is 2.83 bits per heavy atom. The Hall–Kier alpha value is -2.49. The van der Waals surface area contributed by atoms with Crippen LogP contribution in [0, 0.1) is 0 Å². The summed E-state index contributed by atoms with van der Waals surface area (Å²) in [6, 6.07) is 13.5. The summed E-state index contributed by atoms with van der Waals surface area (Å²) >= 11 is 0. The van der Waals surface area contributed by atoms with Crippen molar-refractivity contribution in [3.63, 3.8) is 0 Å². The summed E-state index contributed by atoms with van der Waals surface area (Å²) in [5, 5.41) is 0. The fourth-order valence-electron chi connectivity index (χ4n) is 2.80. The molecule has 0 amide bonds. The molecule has 23 heavy (non-hydrogen) atoms. The molecule has 1 unspecified atom stereocenters. The van der Waals surface area contributed by atoms with Crippen LogP contribution in [0.5, 0.6) is 17.2 Å². The van der Waals surface area contributed by atoms with E-state index in [1.54, 1.807) is 13.2 Å². The first-order valence-corrected chi connectivity index (χ1v) is 7.82. The van der Waals surface area contributed by atoms with Crippen LogP contribution in [0.1, 0.15) is 36.8 Å². The molecule has 1 atom stereocenters. The molecule has 0 radical (unpaired) electrons. The number of ether oxygens (including phenoxy) is 3. The zero-order valence-corrected chi connectivity index (χ0v) is 13.4. The van der Waals surface area contributed by atoms with Crippen LogP contribution < -0.4 is 14.2 Å². The molecule has 0 N–H and O–H groups in total. The molecule has 2 aromatic carbocycles. The maximum Gasteiger partial charge on any atom is 0.312 e. The number of carbonyl (C=O) groups excluding carboxylic acids is 1. The quantitative estimate of drug-likeness (QED) is 0.620. The lowest BCUT2D eigenvalue weighted by atomic mass is 9.86. The predicted octanol–water partition coefficient (Wildman–Crippen LogP) is 3.93. The highest BCUT2D eigenvalue weighted by Gasteiger charge is 2.29. The summed E-state index contributed by atoms with van der Waals surface area (Å²) in [4.78, 5) is 12.0. The molecular weight excluding hydrogens is 292 g/mol. The number of hydrogen-bond donors (Lipinski definition) is 0. The van der Waals surface area contributed by atoms with Gasteiger partial charge in [0.05, 0.1) is 20.1 Å². The van der Waals surface area contributed by atoms with Crippen LogP contribution in [0.15, 0.2) is 42.5 Å². The van der Waals surface area contributed by atoms with Crippen molar-refractivity contribution in [1.82, 2.24) is 0 Å². The van der Waals surface area contributed by atoms with Gasteiger partial charge in [-0.3, -0.25) is 4.79 Å². The maximum atomic E-state index is 12.0. The molecule has 0 bridgehead atoms. The lowest BCUT2D eigenvalue weighted by Gasteiger charge is -2.25. The molecule has 1 aliphatic heterocycles. The fraction of sp³-hybridized carbons (Fsp3) is 0.316. The molecule has 4 nitrogen and oxygen atoms in total. The number of esters is 1. The molecule has 120 valence electrons. The normalized spacial score (nSPS) is 16.4. The molecule has 0 saturated carbocycles. The third-order valence-corrected chi connectivity index (χ3v) is 3.92.